The molecule has 0 saturated heterocycles. The van der Waals surface area contributed by atoms with Crippen molar-refractivity contribution in [2.75, 3.05) is 0 Å². The highest BCUT2D eigenvalue weighted by atomic mass is 35.5. The van der Waals surface area contributed by atoms with Crippen LogP contribution in [0.15, 0.2) is 5.38 Å². The van der Waals surface area contributed by atoms with Gasteiger partial charge in [0, 0.05) is 17.8 Å². The number of rotatable bonds is 6. The maximum Gasteiger partial charge on any atom is 0.220 e. The Morgan fingerprint density at radius 2 is 2.22 bits per heavy atom. The first-order valence-electron chi connectivity index (χ1n) is 5.57. The molecule has 106 valence electrons. The number of nitrogens with zero attached hydrogens (tertiary/aromatic N) is 1. The highest BCUT2D eigenvalue weighted by Crippen LogP contribution is 2.09. The Balaban J connectivity index is 0. The van der Waals surface area contributed by atoms with Crippen LogP contribution in [0.2, 0.25) is 0 Å². The standard InChI is InChI=1S/C11H19N3OS.2ClH/c1-3-11-14-9(7-16-11)6-13-10(15)5-4-8(2)12;;/h7-8H,3-6,12H2,1-2H3,(H,13,15);2*1H. The van der Waals surface area contributed by atoms with Crippen molar-refractivity contribution in [3.05, 3.63) is 16.1 Å². The fraction of sp³-hybridized carbons (Fsp3) is 0.636. The van der Waals surface area contributed by atoms with E-state index in [0.717, 1.165) is 23.5 Å². The van der Waals surface area contributed by atoms with E-state index in [2.05, 4.69) is 17.2 Å². The maximum atomic E-state index is 11.4. The Morgan fingerprint density at radius 3 is 2.72 bits per heavy atom. The summed E-state index contributed by atoms with van der Waals surface area (Å²) in [4.78, 5) is 15.8. The largest absolute Gasteiger partial charge is 0.350 e. The van der Waals surface area contributed by atoms with Crippen LogP contribution in [0.1, 0.15) is 37.4 Å². The van der Waals surface area contributed by atoms with Gasteiger partial charge in [-0.3, -0.25) is 4.79 Å². The van der Waals surface area contributed by atoms with Crippen LogP contribution in [-0.4, -0.2) is 16.9 Å². The van der Waals surface area contributed by atoms with Gasteiger partial charge in [-0.25, -0.2) is 4.98 Å². The molecule has 0 saturated carbocycles. The average molecular weight is 314 g/mol. The molecular formula is C11H21Cl2N3OS. The van der Waals surface area contributed by atoms with Gasteiger partial charge in [-0.1, -0.05) is 6.92 Å². The number of thiazole rings is 1. The molecule has 18 heavy (non-hydrogen) atoms. The number of carbonyl (C=O) groups excluding carboxylic acids is 1. The zero-order chi connectivity index (χ0) is 12.0. The highest BCUT2D eigenvalue weighted by molar-refractivity contribution is 7.09. The van der Waals surface area contributed by atoms with Crippen LogP contribution < -0.4 is 11.1 Å². The van der Waals surface area contributed by atoms with E-state index in [0.29, 0.717) is 13.0 Å². The van der Waals surface area contributed by atoms with Gasteiger partial charge >= 0.3 is 0 Å². The molecule has 0 aliphatic carbocycles. The normalized spacial score (nSPS) is 11.1. The fourth-order valence-electron chi connectivity index (χ4n) is 1.23. The van der Waals surface area contributed by atoms with Crippen molar-refractivity contribution in [1.82, 2.24) is 10.3 Å². The van der Waals surface area contributed by atoms with Crippen LogP contribution in [0.3, 0.4) is 0 Å². The molecule has 0 bridgehead atoms. The van der Waals surface area contributed by atoms with Gasteiger partial charge in [-0.2, -0.15) is 0 Å². The summed E-state index contributed by atoms with van der Waals surface area (Å²) in [7, 11) is 0. The van der Waals surface area contributed by atoms with Gasteiger partial charge in [0.05, 0.1) is 17.2 Å². The molecule has 1 amide bonds. The lowest BCUT2D eigenvalue weighted by atomic mass is 10.2. The fourth-order valence-corrected chi connectivity index (χ4v) is 1.97. The van der Waals surface area contributed by atoms with Gasteiger partial charge in [-0.15, -0.1) is 36.2 Å². The molecule has 0 aliphatic rings. The molecule has 3 N–H and O–H groups in total. The first-order valence-corrected chi connectivity index (χ1v) is 6.45. The van der Waals surface area contributed by atoms with Gasteiger partial charge in [0.15, 0.2) is 0 Å². The summed E-state index contributed by atoms with van der Waals surface area (Å²) in [6.45, 7) is 4.50. The van der Waals surface area contributed by atoms with Crippen molar-refractivity contribution in [1.29, 1.82) is 0 Å². The summed E-state index contributed by atoms with van der Waals surface area (Å²) in [5.41, 5.74) is 6.52. The smallest absolute Gasteiger partial charge is 0.220 e. The van der Waals surface area contributed by atoms with Crippen LogP contribution >= 0.6 is 36.2 Å². The highest BCUT2D eigenvalue weighted by Gasteiger charge is 2.05. The van der Waals surface area contributed by atoms with Crippen molar-refractivity contribution < 1.29 is 4.79 Å². The Kier molecular flexibility index (Phi) is 11.7. The number of hydrogen-bond acceptors (Lipinski definition) is 4. The summed E-state index contributed by atoms with van der Waals surface area (Å²) < 4.78 is 0. The minimum atomic E-state index is 0. The molecular weight excluding hydrogens is 293 g/mol. The second kappa shape index (κ2) is 10.6. The zero-order valence-corrected chi connectivity index (χ0v) is 13.1. The summed E-state index contributed by atoms with van der Waals surface area (Å²) in [5, 5.41) is 5.94. The molecule has 0 spiro atoms. The molecule has 1 aromatic heterocycles. The summed E-state index contributed by atoms with van der Waals surface area (Å²) in [6.07, 6.45) is 2.16. The number of hydrogen-bond donors (Lipinski definition) is 2. The van der Waals surface area contributed by atoms with Crippen molar-refractivity contribution in [3.63, 3.8) is 0 Å². The molecule has 1 heterocycles. The summed E-state index contributed by atoms with van der Waals surface area (Å²) in [6, 6.07) is 0.0803. The molecule has 0 fully saturated rings. The third kappa shape index (κ3) is 7.87. The Morgan fingerprint density at radius 1 is 1.56 bits per heavy atom. The van der Waals surface area contributed by atoms with Gasteiger partial charge in [-0.05, 0) is 19.8 Å². The summed E-state index contributed by atoms with van der Waals surface area (Å²) in [5.74, 6) is 0.0448. The molecule has 4 nitrogen and oxygen atoms in total. The number of carbonyl (C=O) groups is 1. The first kappa shape index (κ1) is 20.0. The second-order valence-corrected chi connectivity index (χ2v) is 4.82. The van der Waals surface area contributed by atoms with Crippen LogP contribution in [-0.2, 0) is 17.8 Å². The van der Waals surface area contributed by atoms with Gasteiger partial charge in [0.2, 0.25) is 5.91 Å². The SMILES string of the molecule is CCc1nc(CNC(=O)CCC(C)N)cs1.Cl.Cl. The minimum Gasteiger partial charge on any atom is -0.350 e. The number of halogens is 2. The monoisotopic (exact) mass is 313 g/mol. The van der Waals surface area contributed by atoms with Crippen LogP contribution in [0.4, 0.5) is 0 Å². The van der Waals surface area contributed by atoms with E-state index in [9.17, 15) is 4.79 Å². The molecule has 0 aliphatic heterocycles. The molecule has 1 atom stereocenters. The van der Waals surface area contributed by atoms with Crippen molar-refractivity contribution in [3.8, 4) is 0 Å². The molecule has 1 rings (SSSR count). The molecule has 7 heteroatoms. The van der Waals surface area contributed by atoms with Crippen molar-refractivity contribution in [2.45, 2.75) is 45.7 Å². The van der Waals surface area contributed by atoms with Gasteiger partial charge < -0.3 is 11.1 Å². The number of nitrogens with one attached hydrogen (secondary N) is 1. The number of nitrogens with two attached hydrogens (primary N) is 1. The third-order valence-corrected chi connectivity index (χ3v) is 3.24. The molecule has 1 aromatic rings. The third-order valence-electron chi connectivity index (χ3n) is 2.20. The Labute approximate surface area is 125 Å². The van der Waals surface area contributed by atoms with Crippen molar-refractivity contribution in [2.24, 2.45) is 5.73 Å². The zero-order valence-electron chi connectivity index (χ0n) is 10.6. The lowest BCUT2D eigenvalue weighted by molar-refractivity contribution is -0.121. The molecule has 0 radical (unpaired) electrons. The van der Waals surface area contributed by atoms with Crippen LogP contribution in [0.5, 0.6) is 0 Å². The molecule has 1 unspecified atom stereocenters. The number of aromatic nitrogens is 1. The molecule has 0 aromatic carbocycles. The maximum absolute atomic E-state index is 11.4. The lowest BCUT2D eigenvalue weighted by Crippen LogP contribution is -2.25. The lowest BCUT2D eigenvalue weighted by Gasteiger charge is -2.05. The van der Waals surface area contributed by atoms with E-state index in [1.165, 1.54) is 0 Å². The quantitative estimate of drug-likeness (QED) is 0.846. The summed E-state index contributed by atoms with van der Waals surface area (Å²) >= 11 is 1.64. The topological polar surface area (TPSA) is 68.0 Å². The number of aryl methyl sites for hydroxylation is 1. The van der Waals surface area contributed by atoms with E-state index in [1.807, 2.05) is 12.3 Å². The van der Waals surface area contributed by atoms with E-state index in [4.69, 9.17) is 5.73 Å². The van der Waals surface area contributed by atoms with Gasteiger partial charge in [0.25, 0.3) is 0 Å². The first-order chi connectivity index (χ1) is 7.61. The average Bonchev–Trinajstić information content (AvgIpc) is 2.71. The minimum absolute atomic E-state index is 0. The van der Waals surface area contributed by atoms with Crippen molar-refractivity contribution >= 4 is 42.1 Å². The van der Waals surface area contributed by atoms with E-state index >= 15 is 0 Å². The van der Waals surface area contributed by atoms with Crippen LogP contribution in [0.25, 0.3) is 0 Å². The van der Waals surface area contributed by atoms with E-state index < -0.39 is 0 Å². The van der Waals surface area contributed by atoms with Crippen LogP contribution in [0, 0.1) is 0 Å². The number of amides is 1. The van der Waals surface area contributed by atoms with E-state index in [1.54, 1.807) is 11.3 Å². The predicted octanol–water partition coefficient (Wildman–Crippen LogP) is 2.29. The van der Waals surface area contributed by atoms with Gasteiger partial charge in [0.1, 0.15) is 0 Å². The second-order valence-electron chi connectivity index (χ2n) is 3.88. The van der Waals surface area contributed by atoms with E-state index in [-0.39, 0.29) is 36.8 Å². The Bertz CT molecular complexity index is 345. The Hall–Kier alpha value is -0.360. The predicted molar refractivity (Wildman–Crippen MR) is 80.7 cm³/mol.